The van der Waals surface area contributed by atoms with Gasteiger partial charge >= 0.3 is 0 Å². The van der Waals surface area contributed by atoms with E-state index in [1.807, 2.05) is 23.9 Å². The third-order valence-corrected chi connectivity index (χ3v) is 4.52. The molecule has 1 aliphatic heterocycles. The lowest BCUT2D eigenvalue weighted by Crippen LogP contribution is -2.20. The molecule has 0 amide bonds. The van der Waals surface area contributed by atoms with Crippen LogP contribution in [0.25, 0.3) is 0 Å². The molecule has 0 bridgehead atoms. The minimum absolute atomic E-state index is 0.113. The molecule has 1 aliphatic rings. The summed E-state index contributed by atoms with van der Waals surface area (Å²) in [6.45, 7) is 2.10. The molecule has 1 atom stereocenters. The first-order valence-corrected chi connectivity index (χ1v) is 7.07. The summed E-state index contributed by atoms with van der Waals surface area (Å²) in [6, 6.07) is 8.29. The summed E-state index contributed by atoms with van der Waals surface area (Å²) in [6.07, 6.45) is 3.52. The highest BCUT2D eigenvalue weighted by atomic mass is 32.2. The first kappa shape index (κ1) is 11.7. The number of rotatable bonds is 3. The van der Waals surface area contributed by atoms with Gasteiger partial charge in [0.25, 0.3) is 0 Å². The van der Waals surface area contributed by atoms with Crippen molar-refractivity contribution in [3.05, 3.63) is 35.4 Å². The predicted octanol–water partition coefficient (Wildman–Crippen LogP) is 3.42. The molecule has 1 aromatic carbocycles. The van der Waals surface area contributed by atoms with Crippen LogP contribution in [-0.2, 0) is 4.79 Å². The van der Waals surface area contributed by atoms with Crippen LogP contribution in [0, 0.1) is 12.8 Å². The van der Waals surface area contributed by atoms with Crippen molar-refractivity contribution in [1.29, 1.82) is 0 Å². The fourth-order valence-corrected chi connectivity index (χ4v) is 3.62. The molecular formula is C14H18OS. The lowest BCUT2D eigenvalue weighted by atomic mass is 9.82. The van der Waals surface area contributed by atoms with Gasteiger partial charge in [-0.2, -0.15) is 11.8 Å². The van der Waals surface area contributed by atoms with Crippen LogP contribution in [0.5, 0.6) is 0 Å². The van der Waals surface area contributed by atoms with Crippen molar-refractivity contribution in [2.45, 2.75) is 25.7 Å². The van der Waals surface area contributed by atoms with Crippen LogP contribution in [0.1, 0.15) is 29.9 Å². The van der Waals surface area contributed by atoms with Gasteiger partial charge in [0.15, 0.2) is 0 Å². The van der Waals surface area contributed by atoms with E-state index in [1.54, 1.807) is 0 Å². The maximum Gasteiger partial charge on any atom is 0.127 e. The van der Waals surface area contributed by atoms with Crippen LogP contribution < -0.4 is 0 Å². The molecule has 16 heavy (non-hydrogen) atoms. The standard InChI is InChI=1S/C14H18OS/c1-11-4-2-3-5-13(11)14(10-15)12-6-8-16-9-7-12/h2-5,10,12,14H,6-9H2,1H3. The maximum absolute atomic E-state index is 11.4. The van der Waals surface area contributed by atoms with Crippen molar-refractivity contribution in [3.63, 3.8) is 0 Å². The zero-order chi connectivity index (χ0) is 11.4. The van der Waals surface area contributed by atoms with Crippen LogP contribution in [0.4, 0.5) is 0 Å². The SMILES string of the molecule is Cc1ccccc1C(C=O)C1CCSCC1. The highest BCUT2D eigenvalue weighted by Gasteiger charge is 2.25. The van der Waals surface area contributed by atoms with Gasteiger partial charge in [-0.3, -0.25) is 0 Å². The van der Waals surface area contributed by atoms with Crippen molar-refractivity contribution >= 4 is 18.0 Å². The largest absolute Gasteiger partial charge is 0.303 e. The van der Waals surface area contributed by atoms with Gasteiger partial charge in [-0.1, -0.05) is 24.3 Å². The average Bonchev–Trinajstić information content (AvgIpc) is 2.34. The number of carbonyl (C=O) groups is 1. The van der Waals surface area contributed by atoms with E-state index < -0.39 is 0 Å². The summed E-state index contributed by atoms with van der Waals surface area (Å²) in [5.41, 5.74) is 2.48. The normalized spacial score (nSPS) is 19.3. The molecular weight excluding hydrogens is 216 g/mol. The fourth-order valence-electron chi connectivity index (χ4n) is 2.47. The molecule has 0 aliphatic carbocycles. The van der Waals surface area contributed by atoms with Crippen molar-refractivity contribution in [3.8, 4) is 0 Å². The van der Waals surface area contributed by atoms with Crippen LogP contribution in [0.2, 0.25) is 0 Å². The minimum Gasteiger partial charge on any atom is -0.303 e. The molecule has 0 radical (unpaired) electrons. The number of hydrogen-bond donors (Lipinski definition) is 0. The zero-order valence-corrected chi connectivity index (χ0v) is 10.5. The first-order valence-electron chi connectivity index (χ1n) is 5.91. The van der Waals surface area contributed by atoms with Gasteiger partial charge < -0.3 is 4.79 Å². The Morgan fingerprint density at radius 2 is 2.00 bits per heavy atom. The van der Waals surface area contributed by atoms with Gasteiger partial charge in [0.2, 0.25) is 0 Å². The molecule has 0 saturated carbocycles. The summed E-state index contributed by atoms with van der Waals surface area (Å²) >= 11 is 2.01. The van der Waals surface area contributed by atoms with Crippen LogP contribution in [0.3, 0.4) is 0 Å². The van der Waals surface area contributed by atoms with E-state index in [9.17, 15) is 4.79 Å². The molecule has 1 nitrogen and oxygen atoms in total. The number of aryl methyl sites for hydroxylation is 1. The topological polar surface area (TPSA) is 17.1 Å². The highest BCUT2D eigenvalue weighted by molar-refractivity contribution is 7.99. The molecule has 0 spiro atoms. The number of aldehydes is 1. The second-order valence-electron chi connectivity index (χ2n) is 4.47. The van der Waals surface area contributed by atoms with Gasteiger partial charge in [0, 0.05) is 5.92 Å². The molecule has 2 heteroatoms. The van der Waals surface area contributed by atoms with E-state index in [4.69, 9.17) is 0 Å². The van der Waals surface area contributed by atoms with E-state index >= 15 is 0 Å². The quantitative estimate of drug-likeness (QED) is 0.745. The Bertz CT molecular complexity index is 356. The number of benzene rings is 1. The zero-order valence-electron chi connectivity index (χ0n) is 9.69. The van der Waals surface area contributed by atoms with Crippen molar-refractivity contribution < 1.29 is 4.79 Å². The van der Waals surface area contributed by atoms with E-state index in [1.165, 1.54) is 35.5 Å². The number of thioether (sulfide) groups is 1. The molecule has 2 rings (SSSR count). The van der Waals surface area contributed by atoms with Crippen molar-refractivity contribution in [2.75, 3.05) is 11.5 Å². The number of carbonyl (C=O) groups excluding carboxylic acids is 1. The fraction of sp³-hybridized carbons (Fsp3) is 0.500. The number of hydrogen-bond acceptors (Lipinski definition) is 2. The lowest BCUT2D eigenvalue weighted by Gasteiger charge is -2.27. The Morgan fingerprint density at radius 3 is 2.62 bits per heavy atom. The monoisotopic (exact) mass is 234 g/mol. The molecule has 0 N–H and O–H groups in total. The van der Waals surface area contributed by atoms with Crippen LogP contribution in [0.15, 0.2) is 24.3 Å². The van der Waals surface area contributed by atoms with Gasteiger partial charge in [0.05, 0.1) is 0 Å². The van der Waals surface area contributed by atoms with Gasteiger partial charge in [-0.15, -0.1) is 0 Å². The Labute approximate surface area is 102 Å². The molecule has 1 aromatic rings. The van der Waals surface area contributed by atoms with Crippen LogP contribution in [-0.4, -0.2) is 17.8 Å². The summed E-state index contributed by atoms with van der Waals surface area (Å²) in [5, 5.41) is 0. The smallest absolute Gasteiger partial charge is 0.127 e. The van der Waals surface area contributed by atoms with Crippen molar-refractivity contribution in [1.82, 2.24) is 0 Å². The molecule has 1 heterocycles. The molecule has 1 saturated heterocycles. The summed E-state index contributed by atoms with van der Waals surface area (Å²) < 4.78 is 0. The summed E-state index contributed by atoms with van der Waals surface area (Å²) in [4.78, 5) is 11.4. The highest BCUT2D eigenvalue weighted by Crippen LogP contribution is 2.34. The second-order valence-corrected chi connectivity index (χ2v) is 5.69. The van der Waals surface area contributed by atoms with E-state index in [-0.39, 0.29) is 5.92 Å². The second kappa shape index (κ2) is 5.53. The Hall–Kier alpha value is -0.760. The minimum atomic E-state index is 0.113. The lowest BCUT2D eigenvalue weighted by molar-refractivity contribution is -0.110. The molecule has 86 valence electrons. The predicted molar refractivity (Wildman–Crippen MR) is 70.0 cm³/mol. The third-order valence-electron chi connectivity index (χ3n) is 3.47. The Balaban J connectivity index is 2.21. The average molecular weight is 234 g/mol. The van der Waals surface area contributed by atoms with Crippen molar-refractivity contribution in [2.24, 2.45) is 5.92 Å². The van der Waals surface area contributed by atoms with E-state index in [0.717, 1.165) is 6.29 Å². The summed E-state index contributed by atoms with van der Waals surface area (Å²) in [5.74, 6) is 3.09. The third kappa shape index (κ3) is 2.49. The Morgan fingerprint density at radius 1 is 1.31 bits per heavy atom. The molecule has 0 aromatic heterocycles. The summed E-state index contributed by atoms with van der Waals surface area (Å²) in [7, 11) is 0. The van der Waals surface area contributed by atoms with Gasteiger partial charge in [-0.05, 0) is 48.3 Å². The Kier molecular flexibility index (Phi) is 4.05. The van der Waals surface area contributed by atoms with Crippen LogP contribution >= 0.6 is 11.8 Å². The van der Waals surface area contributed by atoms with E-state index in [0.29, 0.717) is 5.92 Å². The van der Waals surface area contributed by atoms with Gasteiger partial charge in [-0.25, -0.2) is 0 Å². The molecule has 1 fully saturated rings. The first-order chi connectivity index (χ1) is 7.83. The molecule has 1 unspecified atom stereocenters. The maximum atomic E-state index is 11.4. The van der Waals surface area contributed by atoms with Gasteiger partial charge in [0.1, 0.15) is 6.29 Å². The van der Waals surface area contributed by atoms with E-state index in [2.05, 4.69) is 19.1 Å².